The van der Waals surface area contributed by atoms with Crippen molar-refractivity contribution >= 4 is 43.5 Å². The van der Waals surface area contributed by atoms with Gasteiger partial charge in [0.25, 0.3) is 0 Å². The molecule has 0 aromatic heterocycles. The third kappa shape index (κ3) is 4.87. The van der Waals surface area contributed by atoms with E-state index in [0.717, 1.165) is 20.2 Å². The minimum atomic E-state index is -0.118. The fraction of sp³-hybridized carbons (Fsp3) is 0.462. The zero-order valence-corrected chi connectivity index (χ0v) is 14.4. The maximum atomic E-state index is 12.0. The molecule has 0 heterocycles. The van der Waals surface area contributed by atoms with E-state index in [1.165, 1.54) is 0 Å². The molecule has 0 radical (unpaired) electrons. The molecule has 1 aromatic carbocycles. The Labute approximate surface area is 130 Å². The lowest BCUT2D eigenvalue weighted by Gasteiger charge is -2.22. The molecule has 106 valence electrons. The Bertz CT molecular complexity index is 443. The number of rotatable bonds is 5. The monoisotopic (exact) mass is 392 g/mol. The second-order valence-electron chi connectivity index (χ2n) is 4.60. The number of halogens is 2. The van der Waals surface area contributed by atoms with Gasteiger partial charge in [-0.1, -0.05) is 0 Å². The molecule has 1 aromatic rings. The zero-order valence-electron chi connectivity index (χ0n) is 11.2. The van der Waals surface area contributed by atoms with Gasteiger partial charge in [0.1, 0.15) is 0 Å². The Morgan fingerprint density at radius 1 is 1.42 bits per heavy atom. The Hall–Kier alpha value is -0.430. The second kappa shape index (κ2) is 7.38. The van der Waals surface area contributed by atoms with Gasteiger partial charge >= 0.3 is 0 Å². The number of benzene rings is 1. The number of nitrogens with one attached hydrogen (secondary N) is 1. The topological polar surface area (TPSA) is 52.6 Å². The Kier molecular flexibility index (Phi) is 6.46. The number of carbonyl (C=O) groups excluding carboxylic acids is 1. The molecule has 4 nitrogen and oxygen atoms in total. The largest absolute Gasteiger partial charge is 0.395 e. The molecule has 0 saturated carbocycles. The van der Waals surface area contributed by atoms with Gasteiger partial charge in [0.05, 0.1) is 18.8 Å². The third-order valence-corrected chi connectivity index (χ3v) is 4.11. The first-order valence-electron chi connectivity index (χ1n) is 5.91. The molecule has 0 fully saturated rings. The van der Waals surface area contributed by atoms with Crippen LogP contribution in [-0.4, -0.2) is 42.2 Å². The number of aryl methyl sites for hydroxylation is 1. The van der Waals surface area contributed by atoms with Crippen molar-refractivity contribution in [3.05, 3.63) is 26.6 Å². The third-order valence-electron chi connectivity index (χ3n) is 2.86. The summed E-state index contributed by atoms with van der Waals surface area (Å²) in [6, 6.07) is 3.84. The molecule has 0 aliphatic heterocycles. The number of anilines is 1. The highest BCUT2D eigenvalue weighted by atomic mass is 79.9. The number of amides is 1. The number of hydrogen-bond donors (Lipinski definition) is 2. The summed E-state index contributed by atoms with van der Waals surface area (Å²) in [5.74, 6) is -0.118. The highest BCUT2D eigenvalue weighted by molar-refractivity contribution is 9.11. The SMILES string of the molecule is Cc1cc(Br)c(NC(=O)CN(C)C(C)CO)c(Br)c1. The van der Waals surface area contributed by atoms with Crippen LogP contribution in [-0.2, 0) is 4.79 Å². The summed E-state index contributed by atoms with van der Waals surface area (Å²) in [4.78, 5) is 13.8. The fourth-order valence-electron chi connectivity index (χ4n) is 1.52. The van der Waals surface area contributed by atoms with Gasteiger partial charge in [-0.3, -0.25) is 9.69 Å². The van der Waals surface area contributed by atoms with Gasteiger partial charge in [0.15, 0.2) is 0 Å². The van der Waals surface area contributed by atoms with Gasteiger partial charge in [-0.15, -0.1) is 0 Å². The van der Waals surface area contributed by atoms with Crippen LogP contribution < -0.4 is 5.32 Å². The van der Waals surface area contributed by atoms with Gasteiger partial charge < -0.3 is 10.4 Å². The molecule has 1 unspecified atom stereocenters. The number of hydrogen-bond acceptors (Lipinski definition) is 3. The van der Waals surface area contributed by atoms with Crippen molar-refractivity contribution in [1.29, 1.82) is 0 Å². The van der Waals surface area contributed by atoms with Crippen molar-refractivity contribution in [3.63, 3.8) is 0 Å². The molecule has 19 heavy (non-hydrogen) atoms. The maximum Gasteiger partial charge on any atom is 0.238 e. The number of nitrogens with zero attached hydrogens (tertiary/aromatic N) is 1. The van der Waals surface area contributed by atoms with E-state index in [2.05, 4.69) is 37.2 Å². The molecule has 6 heteroatoms. The Morgan fingerprint density at radius 2 is 1.95 bits per heavy atom. The molecule has 1 rings (SSSR count). The standard InChI is InChI=1S/C13H18Br2N2O2/c1-8-4-10(14)13(11(15)5-8)16-12(19)6-17(3)9(2)7-18/h4-5,9,18H,6-7H2,1-3H3,(H,16,19). The van der Waals surface area contributed by atoms with E-state index >= 15 is 0 Å². The zero-order chi connectivity index (χ0) is 14.6. The van der Waals surface area contributed by atoms with Gasteiger partial charge in [-0.05, 0) is 70.5 Å². The first kappa shape index (κ1) is 16.6. The molecule has 0 aliphatic carbocycles. The number of aliphatic hydroxyl groups excluding tert-OH is 1. The number of carbonyl (C=O) groups is 1. The molecular formula is C13H18Br2N2O2. The molecule has 0 bridgehead atoms. The van der Waals surface area contributed by atoms with E-state index in [9.17, 15) is 4.79 Å². The van der Waals surface area contributed by atoms with Crippen molar-refractivity contribution in [3.8, 4) is 0 Å². The summed E-state index contributed by atoms with van der Waals surface area (Å²) in [6.45, 7) is 4.11. The molecule has 2 N–H and O–H groups in total. The van der Waals surface area contributed by atoms with Crippen LogP contribution in [0.5, 0.6) is 0 Å². The Morgan fingerprint density at radius 3 is 2.42 bits per heavy atom. The van der Waals surface area contributed by atoms with Gasteiger partial charge in [-0.2, -0.15) is 0 Å². The first-order valence-corrected chi connectivity index (χ1v) is 7.50. The summed E-state index contributed by atoms with van der Waals surface area (Å²) in [6.07, 6.45) is 0. The smallest absolute Gasteiger partial charge is 0.238 e. The predicted octanol–water partition coefficient (Wildman–Crippen LogP) is 2.77. The lowest BCUT2D eigenvalue weighted by molar-refractivity contribution is -0.117. The normalized spacial score (nSPS) is 12.6. The summed E-state index contributed by atoms with van der Waals surface area (Å²) < 4.78 is 1.68. The van der Waals surface area contributed by atoms with Gasteiger partial charge in [-0.25, -0.2) is 0 Å². The van der Waals surface area contributed by atoms with Crippen LogP contribution in [0.3, 0.4) is 0 Å². The van der Waals surface area contributed by atoms with Crippen molar-refractivity contribution in [2.24, 2.45) is 0 Å². The summed E-state index contributed by atoms with van der Waals surface area (Å²) in [7, 11) is 1.81. The molecule has 0 aliphatic rings. The maximum absolute atomic E-state index is 12.0. The van der Waals surface area contributed by atoms with Gasteiger partial charge in [0, 0.05) is 15.0 Å². The van der Waals surface area contributed by atoms with Crippen molar-refractivity contribution in [2.75, 3.05) is 25.5 Å². The minimum absolute atomic E-state index is 0.0295. The van der Waals surface area contributed by atoms with E-state index in [1.807, 2.05) is 26.0 Å². The van der Waals surface area contributed by atoms with Crippen LogP contribution in [0.15, 0.2) is 21.1 Å². The van der Waals surface area contributed by atoms with E-state index in [1.54, 1.807) is 11.9 Å². The number of likely N-dealkylation sites (N-methyl/N-ethyl adjacent to an activating group) is 1. The predicted molar refractivity (Wildman–Crippen MR) is 84.4 cm³/mol. The van der Waals surface area contributed by atoms with E-state index in [0.29, 0.717) is 0 Å². The molecular weight excluding hydrogens is 376 g/mol. The number of aliphatic hydroxyl groups is 1. The quantitative estimate of drug-likeness (QED) is 0.808. The minimum Gasteiger partial charge on any atom is -0.395 e. The molecule has 1 amide bonds. The van der Waals surface area contributed by atoms with E-state index in [4.69, 9.17) is 5.11 Å². The average molecular weight is 394 g/mol. The van der Waals surface area contributed by atoms with Crippen molar-refractivity contribution in [1.82, 2.24) is 4.90 Å². The Balaban J connectivity index is 2.73. The summed E-state index contributed by atoms with van der Waals surface area (Å²) in [5, 5.41) is 11.9. The van der Waals surface area contributed by atoms with E-state index < -0.39 is 0 Å². The second-order valence-corrected chi connectivity index (χ2v) is 6.31. The summed E-state index contributed by atoms with van der Waals surface area (Å²) in [5.41, 5.74) is 1.82. The molecule has 1 atom stereocenters. The molecule has 0 spiro atoms. The fourth-order valence-corrected chi connectivity index (χ4v) is 3.13. The van der Waals surface area contributed by atoms with Gasteiger partial charge in [0.2, 0.25) is 5.91 Å². The van der Waals surface area contributed by atoms with Crippen LogP contribution in [0.4, 0.5) is 5.69 Å². The van der Waals surface area contributed by atoms with Crippen LogP contribution in [0.25, 0.3) is 0 Å². The first-order chi connectivity index (χ1) is 8.85. The van der Waals surface area contributed by atoms with E-state index in [-0.39, 0.29) is 25.1 Å². The van der Waals surface area contributed by atoms with Crippen LogP contribution in [0.2, 0.25) is 0 Å². The summed E-state index contributed by atoms with van der Waals surface area (Å²) >= 11 is 6.87. The van der Waals surface area contributed by atoms with Crippen LogP contribution in [0, 0.1) is 6.92 Å². The average Bonchev–Trinajstić information content (AvgIpc) is 2.32. The van der Waals surface area contributed by atoms with Crippen LogP contribution in [0.1, 0.15) is 12.5 Å². The van der Waals surface area contributed by atoms with Crippen LogP contribution >= 0.6 is 31.9 Å². The highest BCUT2D eigenvalue weighted by Crippen LogP contribution is 2.32. The van der Waals surface area contributed by atoms with Crippen molar-refractivity contribution in [2.45, 2.75) is 19.9 Å². The molecule has 0 saturated heterocycles. The lowest BCUT2D eigenvalue weighted by atomic mass is 10.2. The van der Waals surface area contributed by atoms with Crippen molar-refractivity contribution < 1.29 is 9.90 Å². The lowest BCUT2D eigenvalue weighted by Crippen LogP contribution is -2.38. The highest BCUT2D eigenvalue weighted by Gasteiger charge is 2.14.